The third-order valence-corrected chi connectivity index (χ3v) is 1.46. The lowest BCUT2D eigenvalue weighted by Gasteiger charge is -1.99. The zero-order valence-corrected chi connectivity index (χ0v) is 7.16. The van der Waals surface area contributed by atoms with Gasteiger partial charge < -0.3 is 5.32 Å². The maximum absolute atomic E-state index is 11.1. The minimum atomic E-state index is -0.100. The number of aromatic nitrogens is 1. The number of pyridine rings is 1. The molecule has 0 bridgehead atoms. The van der Waals surface area contributed by atoms with E-state index in [9.17, 15) is 4.79 Å². The lowest BCUT2D eigenvalue weighted by molar-refractivity contribution is -0.120. The largest absolute Gasteiger partial charge is 0.345 e. The number of carbonyl (C=O) groups excluding carboxylic acids is 1. The van der Waals surface area contributed by atoms with Crippen molar-refractivity contribution in [1.29, 1.82) is 0 Å². The average molecular weight is 174 g/mol. The summed E-state index contributed by atoms with van der Waals surface area (Å²) in [5, 5.41) is 2.57. The fraction of sp³-hybridized carbons (Fsp3) is 0.200. The Morgan fingerprint density at radius 2 is 2.46 bits per heavy atom. The van der Waals surface area contributed by atoms with E-state index >= 15 is 0 Å². The summed E-state index contributed by atoms with van der Waals surface area (Å²) in [4.78, 5) is 15.1. The summed E-state index contributed by atoms with van der Waals surface area (Å²) in [5.74, 6) is 2.23. The van der Waals surface area contributed by atoms with Crippen molar-refractivity contribution in [3.05, 3.63) is 30.1 Å². The molecule has 0 radical (unpaired) electrons. The molecule has 3 heteroatoms. The van der Waals surface area contributed by atoms with Crippen LogP contribution in [-0.2, 0) is 11.2 Å². The first kappa shape index (κ1) is 9.27. The zero-order chi connectivity index (χ0) is 9.52. The minimum Gasteiger partial charge on any atom is -0.345 e. The van der Waals surface area contributed by atoms with Gasteiger partial charge in [-0.3, -0.25) is 9.78 Å². The summed E-state index contributed by atoms with van der Waals surface area (Å²) in [5.41, 5.74) is 0.747. The molecule has 13 heavy (non-hydrogen) atoms. The topological polar surface area (TPSA) is 42.0 Å². The first-order chi connectivity index (χ1) is 6.33. The normalized spacial score (nSPS) is 8.85. The van der Waals surface area contributed by atoms with Gasteiger partial charge >= 0.3 is 0 Å². The molecule has 0 unspecified atom stereocenters. The summed E-state index contributed by atoms with van der Waals surface area (Å²) in [6.07, 6.45) is 6.93. The number of amides is 1. The Morgan fingerprint density at radius 1 is 1.62 bits per heavy atom. The third-order valence-electron chi connectivity index (χ3n) is 1.46. The molecular weight excluding hydrogens is 164 g/mol. The number of hydrogen-bond acceptors (Lipinski definition) is 2. The van der Waals surface area contributed by atoms with Gasteiger partial charge in [-0.1, -0.05) is 12.0 Å². The zero-order valence-electron chi connectivity index (χ0n) is 7.16. The molecule has 66 valence electrons. The molecule has 1 N–H and O–H groups in total. The molecule has 0 aliphatic carbocycles. The van der Waals surface area contributed by atoms with Gasteiger partial charge in [0.05, 0.1) is 13.0 Å². The predicted octanol–water partition coefficient (Wildman–Crippen LogP) is 0.373. The van der Waals surface area contributed by atoms with Gasteiger partial charge in [0.2, 0.25) is 5.91 Å². The van der Waals surface area contributed by atoms with Crippen LogP contribution in [0.2, 0.25) is 0 Å². The van der Waals surface area contributed by atoms with Gasteiger partial charge in [0.1, 0.15) is 0 Å². The predicted molar refractivity (Wildman–Crippen MR) is 49.8 cm³/mol. The maximum Gasteiger partial charge on any atom is 0.226 e. The number of rotatable bonds is 3. The molecule has 3 nitrogen and oxygen atoms in total. The summed E-state index contributed by atoms with van der Waals surface area (Å²) in [6.45, 7) is 0.270. The van der Waals surface area contributed by atoms with E-state index < -0.39 is 0 Å². The molecule has 0 saturated heterocycles. The van der Waals surface area contributed by atoms with Gasteiger partial charge in [0.15, 0.2) is 0 Å². The summed E-state index contributed by atoms with van der Waals surface area (Å²) < 4.78 is 0. The standard InChI is InChI=1S/C10H10N2O/c1-2-6-12-10(13)8-9-5-3-4-7-11-9/h1,3-5,7H,6,8H2,(H,12,13). The van der Waals surface area contributed by atoms with E-state index in [1.165, 1.54) is 0 Å². The summed E-state index contributed by atoms with van der Waals surface area (Å²) in [6, 6.07) is 5.45. The van der Waals surface area contributed by atoms with Crippen molar-refractivity contribution < 1.29 is 4.79 Å². The highest BCUT2D eigenvalue weighted by Gasteiger charge is 2.01. The molecule has 0 spiro atoms. The van der Waals surface area contributed by atoms with Crippen LogP contribution in [0.1, 0.15) is 5.69 Å². The number of carbonyl (C=O) groups is 1. The molecule has 1 aromatic heterocycles. The van der Waals surface area contributed by atoms with Crippen molar-refractivity contribution in [3.8, 4) is 12.3 Å². The van der Waals surface area contributed by atoms with E-state index in [-0.39, 0.29) is 18.9 Å². The number of nitrogens with zero attached hydrogens (tertiary/aromatic N) is 1. The van der Waals surface area contributed by atoms with Crippen molar-refractivity contribution >= 4 is 5.91 Å². The molecule has 1 amide bonds. The van der Waals surface area contributed by atoms with Crippen LogP contribution in [0.25, 0.3) is 0 Å². The number of terminal acetylenes is 1. The van der Waals surface area contributed by atoms with E-state index in [1.54, 1.807) is 12.3 Å². The lowest BCUT2D eigenvalue weighted by Crippen LogP contribution is -2.25. The van der Waals surface area contributed by atoms with Crippen molar-refractivity contribution in [1.82, 2.24) is 10.3 Å². The van der Waals surface area contributed by atoms with Gasteiger partial charge in [-0.2, -0.15) is 0 Å². The molecular formula is C10H10N2O. The van der Waals surface area contributed by atoms with Crippen molar-refractivity contribution in [2.45, 2.75) is 6.42 Å². The second-order valence-corrected chi connectivity index (χ2v) is 2.48. The highest BCUT2D eigenvalue weighted by Crippen LogP contribution is 1.93. The SMILES string of the molecule is C#CCNC(=O)Cc1ccccn1. The van der Waals surface area contributed by atoms with Gasteiger partial charge in [0.25, 0.3) is 0 Å². The average Bonchev–Trinajstić information content (AvgIpc) is 2.16. The lowest BCUT2D eigenvalue weighted by atomic mass is 10.2. The van der Waals surface area contributed by atoms with Gasteiger partial charge in [0, 0.05) is 11.9 Å². The molecule has 0 aromatic carbocycles. The van der Waals surface area contributed by atoms with Gasteiger partial charge in [-0.25, -0.2) is 0 Å². The fourth-order valence-corrected chi connectivity index (χ4v) is 0.879. The van der Waals surface area contributed by atoms with Gasteiger partial charge in [-0.15, -0.1) is 6.42 Å². The molecule has 0 aliphatic heterocycles. The molecule has 1 aromatic rings. The van der Waals surface area contributed by atoms with Crippen LogP contribution in [0.3, 0.4) is 0 Å². The highest BCUT2D eigenvalue weighted by atomic mass is 16.1. The molecule has 1 heterocycles. The molecule has 0 aliphatic rings. The Kier molecular flexibility index (Phi) is 3.52. The van der Waals surface area contributed by atoms with E-state index in [1.807, 2.05) is 12.1 Å². The first-order valence-corrected chi connectivity index (χ1v) is 3.93. The van der Waals surface area contributed by atoms with Crippen LogP contribution in [0.4, 0.5) is 0 Å². The highest BCUT2D eigenvalue weighted by molar-refractivity contribution is 5.78. The van der Waals surface area contributed by atoms with Crippen LogP contribution in [-0.4, -0.2) is 17.4 Å². The van der Waals surface area contributed by atoms with Crippen LogP contribution >= 0.6 is 0 Å². The fourth-order valence-electron chi connectivity index (χ4n) is 0.879. The van der Waals surface area contributed by atoms with Crippen molar-refractivity contribution in [3.63, 3.8) is 0 Å². The van der Waals surface area contributed by atoms with E-state index in [2.05, 4.69) is 16.2 Å². The second-order valence-electron chi connectivity index (χ2n) is 2.48. The van der Waals surface area contributed by atoms with Crippen molar-refractivity contribution in [2.24, 2.45) is 0 Å². The number of hydrogen-bond donors (Lipinski definition) is 1. The van der Waals surface area contributed by atoms with Crippen molar-refractivity contribution in [2.75, 3.05) is 6.54 Å². The Balaban J connectivity index is 2.42. The van der Waals surface area contributed by atoms with Crippen LogP contribution in [0.5, 0.6) is 0 Å². The van der Waals surface area contributed by atoms with Crippen LogP contribution < -0.4 is 5.32 Å². The van der Waals surface area contributed by atoms with E-state index in [4.69, 9.17) is 6.42 Å². The Hall–Kier alpha value is -1.82. The smallest absolute Gasteiger partial charge is 0.226 e. The summed E-state index contributed by atoms with van der Waals surface area (Å²) in [7, 11) is 0. The third kappa shape index (κ3) is 3.39. The molecule has 0 saturated carbocycles. The van der Waals surface area contributed by atoms with E-state index in [0.29, 0.717) is 0 Å². The van der Waals surface area contributed by atoms with E-state index in [0.717, 1.165) is 5.69 Å². The maximum atomic E-state index is 11.1. The quantitative estimate of drug-likeness (QED) is 0.673. The molecule has 0 fully saturated rings. The Labute approximate surface area is 77.2 Å². The second kappa shape index (κ2) is 4.94. The van der Waals surface area contributed by atoms with Crippen LogP contribution in [0.15, 0.2) is 24.4 Å². The summed E-state index contributed by atoms with van der Waals surface area (Å²) >= 11 is 0. The minimum absolute atomic E-state index is 0.100. The Morgan fingerprint density at radius 3 is 3.08 bits per heavy atom. The number of nitrogens with one attached hydrogen (secondary N) is 1. The first-order valence-electron chi connectivity index (χ1n) is 3.93. The Bertz CT molecular complexity index is 313. The molecule has 1 rings (SSSR count). The monoisotopic (exact) mass is 174 g/mol. The van der Waals surface area contributed by atoms with Gasteiger partial charge in [-0.05, 0) is 12.1 Å². The van der Waals surface area contributed by atoms with Crippen LogP contribution in [0, 0.1) is 12.3 Å². The molecule has 0 atom stereocenters.